The van der Waals surface area contributed by atoms with Crippen LogP contribution in [0.5, 0.6) is 5.75 Å². The highest BCUT2D eigenvalue weighted by molar-refractivity contribution is 5.49. The van der Waals surface area contributed by atoms with Crippen molar-refractivity contribution in [1.29, 1.82) is 0 Å². The summed E-state index contributed by atoms with van der Waals surface area (Å²) in [7, 11) is 0. The summed E-state index contributed by atoms with van der Waals surface area (Å²) in [6, 6.07) is 8.27. The Balaban J connectivity index is 1.59. The molecule has 0 unspecified atom stereocenters. The molecule has 0 amide bonds. The highest BCUT2D eigenvalue weighted by atomic mass is 16.5. The molecule has 3 rings (SSSR count). The molecule has 6 nitrogen and oxygen atoms in total. The van der Waals surface area contributed by atoms with Crippen LogP contribution in [0.25, 0.3) is 0 Å². The Morgan fingerprint density at radius 1 is 1.19 bits per heavy atom. The second-order valence-electron chi connectivity index (χ2n) is 5.01. The molecule has 2 aromatic rings. The summed E-state index contributed by atoms with van der Waals surface area (Å²) >= 11 is 0. The molecule has 0 aliphatic carbocycles. The fourth-order valence-corrected chi connectivity index (χ4v) is 2.49. The average Bonchev–Trinajstić information content (AvgIpc) is 3.02. The van der Waals surface area contributed by atoms with E-state index in [1.54, 1.807) is 6.33 Å². The van der Waals surface area contributed by atoms with Gasteiger partial charge in [-0.3, -0.25) is 0 Å². The van der Waals surface area contributed by atoms with E-state index in [-0.39, 0.29) is 0 Å². The summed E-state index contributed by atoms with van der Waals surface area (Å²) in [4.78, 5) is 6.59. The number of hydrogen-bond donors (Lipinski definition) is 1. The van der Waals surface area contributed by atoms with Crippen molar-refractivity contribution in [2.45, 2.75) is 20.1 Å². The molecule has 6 heteroatoms. The molecule has 21 heavy (non-hydrogen) atoms. The van der Waals surface area contributed by atoms with Crippen molar-refractivity contribution in [3.63, 3.8) is 0 Å². The topological polar surface area (TPSA) is 55.2 Å². The second kappa shape index (κ2) is 6.58. The van der Waals surface area contributed by atoms with Crippen molar-refractivity contribution in [1.82, 2.24) is 20.1 Å². The maximum atomic E-state index is 5.78. The second-order valence-corrected chi connectivity index (χ2v) is 5.01. The van der Waals surface area contributed by atoms with Gasteiger partial charge in [-0.05, 0) is 31.2 Å². The van der Waals surface area contributed by atoms with Crippen molar-refractivity contribution in [3.8, 4) is 5.75 Å². The predicted molar refractivity (Wildman–Crippen MR) is 81.6 cm³/mol. The SMILES string of the molecule is CCn1ncnc1COc1ccc(N2CCNCC2)cc1. The highest BCUT2D eigenvalue weighted by Crippen LogP contribution is 2.20. The molecule has 1 fully saturated rings. The summed E-state index contributed by atoms with van der Waals surface area (Å²) < 4.78 is 7.62. The van der Waals surface area contributed by atoms with Crippen LogP contribution in [0, 0.1) is 0 Å². The number of nitrogens with one attached hydrogen (secondary N) is 1. The first kappa shape index (κ1) is 13.9. The van der Waals surface area contributed by atoms with Gasteiger partial charge in [-0.2, -0.15) is 5.10 Å². The van der Waals surface area contributed by atoms with Gasteiger partial charge in [0.05, 0.1) is 0 Å². The van der Waals surface area contributed by atoms with Crippen molar-refractivity contribution < 1.29 is 4.74 Å². The Labute approximate surface area is 124 Å². The number of aryl methyl sites for hydroxylation is 1. The molecule has 1 aromatic carbocycles. The monoisotopic (exact) mass is 287 g/mol. The van der Waals surface area contributed by atoms with E-state index in [4.69, 9.17) is 4.74 Å². The summed E-state index contributed by atoms with van der Waals surface area (Å²) in [6.07, 6.45) is 1.57. The number of nitrogens with zero attached hydrogens (tertiary/aromatic N) is 4. The zero-order valence-corrected chi connectivity index (χ0v) is 12.3. The Kier molecular flexibility index (Phi) is 4.35. The lowest BCUT2D eigenvalue weighted by Crippen LogP contribution is -2.43. The van der Waals surface area contributed by atoms with Gasteiger partial charge in [-0.25, -0.2) is 9.67 Å². The molecule has 1 N–H and O–H groups in total. The maximum absolute atomic E-state index is 5.78. The zero-order valence-electron chi connectivity index (χ0n) is 12.3. The normalized spacial score (nSPS) is 15.2. The molecular weight excluding hydrogens is 266 g/mol. The van der Waals surface area contributed by atoms with Gasteiger partial charge in [-0.1, -0.05) is 0 Å². The van der Waals surface area contributed by atoms with E-state index in [0.717, 1.165) is 44.3 Å². The zero-order chi connectivity index (χ0) is 14.5. The van der Waals surface area contributed by atoms with Gasteiger partial charge < -0.3 is 15.0 Å². The van der Waals surface area contributed by atoms with Gasteiger partial charge in [0.25, 0.3) is 0 Å². The van der Waals surface area contributed by atoms with Gasteiger partial charge in [0, 0.05) is 38.4 Å². The molecule has 112 valence electrons. The number of aromatic nitrogens is 3. The molecule has 0 spiro atoms. The first-order valence-corrected chi connectivity index (χ1v) is 7.42. The number of anilines is 1. The molecule has 0 saturated carbocycles. The van der Waals surface area contributed by atoms with Crippen LogP contribution in [0.2, 0.25) is 0 Å². The van der Waals surface area contributed by atoms with Crippen LogP contribution in [0.15, 0.2) is 30.6 Å². The molecule has 1 saturated heterocycles. The molecule has 0 radical (unpaired) electrons. The summed E-state index contributed by atoms with van der Waals surface area (Å²) in [5, 5.41) is 7.50. The minimum Gasteiger partial charge on any atom is -0.486 e. The van der Waals surface area contributed by atoms with Crippen molar-refractivity contribution in [2.75, 3.05) is 31.1 Å². The number of hydrogen-bond acceptors (Lipinski definition) is 5. The number of ether oxygens (including phenoxy) is 1. The van der Waals surface area contributed by atoms with E-state index in [9.17, 15) is 0 Å². The molecule has 0 bridgehead atoms. The van der Waals surface area contributed by atoms with Gasteiger partial charge in [0.1, 0.15) is 18.7 Å². The van der Waals surface area contributed by atoms with Gasteiger partial charge in [0.15, 0.2) is 5.82 Å². The lowest BCUT2D eigenvalue weighted by molar-refractivity contribution is 0.287. The van der Waals surface area contributed by atoms with Crippen molar-refractivity contribution >= 4 is 5.69 Å². The van der Waals surface area contributed by atoms with Crippen LogP contribution < -0.4 is 15.0 Å². The van der Waals surface area contributed by atoms with E-state index in [2.05, 4.69) is 32.4 Å². The van der Waals surface area contributed by atoms with Gasteiger partial charge in [0.2, 0.25) is 0 Å². The quantitative estimate of drug-likeness (QED) is 0.898. The van der Waals surface area contributed by atoms with E-state index in [1.165, 1.54) is 5.69 Å². The van der Waals surface area contributed by atoms with Crippen LogP contribution in [-0.4, -0.2) is 40.9 Å². The Hall–Kier alpha value is -2.08. The molecule has 1 aliphatic heterocycles. The van der Waals surface area contributed by atoms with E-state index in [1.807, 2.05) is 23.7 Å². The summed E-state index contributed by atoms with van der Waals surface area (Å²) in [5.41, 5.74) is 1.25. The Bertz CT molecular complexity index is 560. The van der Waals surface area contributed by atoms with E-state index < -0.39 is 0 Å². The third-order valence-electron chi connectivity index (χ3n) is 3.68. The van der Waals surface area contributed by atoms with Crippen LogP contribution in [-0.2, 0) is 13.2 Å². The van der Waals surface area contributed by atoms with Gasteiger partial charge in [-0.15, -0.1) is 0 Å². The number of rotatable bonds is 5. The fraction of sp³-hybridized carbons (Fsp3) is 0.467. The third kappa shape index (κ3) is 3.33. The van der Waals surface area contributed by atoms with Gasteiger partial charge >= 0.3 is 0 Å². The molecule has 2 heterocycles. The molecule has 1 aromatic heterocycles. The average molecular weight is 287 g/mol. The number of piperazine rings is 1. The minimum absolute atomic E-state index is 0.445. The third-order valence-corrected chi connectivity index (χ3v) is 3.68. The van der Waals surface area contributed by atoms with Crippen LogP contribution in [0.3, 0.4) is 0 Å². The smallest absolute Gasteiger partial charge is 0.164 e. The van der Waals surface area contributed by atoms with Crippen LogP contribution in [0.4, 0.5) is 5.69 Å². The standard InChI is InChI=1S/C15H21N5O/c1-2-20-15(17-12-18-20)11-21-14-5-3-13(4-6-14)19-9-7-16-8-10-19/h3-6,12,16H,2,7-11H2,1H3. The lowest BCUT2D eigenvalue weighted by Gasteiger charge is -2.29. The predicted octanol–water partition coefficient (Wildman–Crippen LogP) is 1.29. The highest BCUT2D eigenvalue weighted by Gasteiger charge is 2.10. The fourth-order valence-electron chi connectivity index (χ4n) is 2.49. The summed E-state index contributed by atoms with van der Waals surface area (Å²) in [5.74, 6) is 1.71. The first-order valence-electron chi connectivity index (χ1n) is 7.42. The first-order chi connectivity index (χ1) is 10.4. The number of benzene rings is 1. The van der Waals surface area contributed by atoms with Crippen LogP contribution >= 0.6 is 0 Å². The Morgan fingerprint density at radius 2 is 1.95 bits per heavy atom. The van der Waals surface area contributed by atoms with Crippen molar-refractivity contribution in [2.24, 2.45) is 0 Å². The lowest BCUT2D eigenvalue weighted by atomic mass is 10.2. The van der Waals surface area contributed by atoms with Crippen LogP contribution in [0.1, 0.15) is 12.7 Å². The largest absolute Gasteiger partial charge is 0.486 e. The summed E-state index contributed by atoms with van der Waals surface area (Å²) in [6.45, 7) is 7.50. The molecular formula is C15H21N5O. The maximum Gasteiger partial charge on any atom is 0.164 e. The van der Waals surface area contributed by atoms with Crippen molar-refractivity contribution in [3.05, 3.63) is 36.4 Å². The Morgan fingerprint density at radius 3 is 2.67 bits per heavy atom. The molecule has 1 aliphatic rings. The van der Waals surface area contributed by atoms with E-state index in [0.29, 0.717) is 6.61 Å². The molecule has 0 atom stereocenters. The minimum atomic E-state index is 0.445. The van der Waals surface area contributed by atoms with E-state index >= 15 is 0 Å².